The van der Waals surface area contributed by atoms with Crippen LogP contribution in [0.1, 0.15) is 20.3 Å². The number of hydrogen-bond acceptors (Lipinski definition) is 4. The van der Waals surface area contributed by atoms with Crippen LogP contribution in [0.25, 0.3) is 0 Å². The van der Waals surface area contributed by atoms with E-state index >= 15 is 0 Å². The first-order valence-electron chi connectivity index (χ1n) is 3.33. The van der Waals surface area contributed by atoms with Gasteiger partial charge in [-0.05, 0) is 13.3 Å². The third-order valence-electron chi connectivity index (χ3n) is 1.18. The van der Waals surface area contributed by atoms with Gasteiger partial charge in [-0.25, -0.2) is 4.79 Å². The predicted molar refractivity (Wildman–Crippen MR) is 40.3 cm³/mol. The first-order chi connectivity index (χ1) is 5.02. The minimum Gasteiger partial charge on any atom is -0.300 e. The highest BCUT2D eigenvalue weighted by Crippen LogP contribution is 2.06. The summed E-state index contributed by atoms with van der Waals surface area (Å²) in [5.41, 5.74) is 4.57. The molecule has 0 spiro atoms. The van der Waals surface area contributed by atoms with Crippen LogP contribution in [0.15, 0.2) is 12.7 Å². The first-order valence-corrected chi connectivity index (χ1v) is 3.33. The number of carbonyl (C=O) groups is 1. The fraction of sp³-hybridized carbons (Fsp3) is 0.571. The van der Waals surface area contributed by atoms with Crippen molar-refractivity contribution in [3.8, 4) is 0 Å². The lowest BCUT2D eigenvalue weighted by molar-refractivity contribution is -0.325. The van der Waals surface area contributed by atoms with Crippen LogP contribution in [-0.4, -0.2) is 11.7 Å². The Bertz CT molecular complexity index is 154. The van der Waals surface area contributed by atoms with E-state index in [0.29, 0.717) is 6.42 Å². The van der Waals surface area contributed by atoms with E-state index in [1.165, 1.54) is 0 Å². The highest BCUT2D eigenvalue weighted by molar-refractivity contribution is 5.80. The second-order valence-corrected chi connectivity index (χ2v) is 2.36. The molecular weight excluding hydrogens is 146 g/mol. The van der Waals surface area contributed by atoms with Gasteiger partial charge in [-0.3, -0.25) is 4.89 Å². The van der Waals surface area contributed by atoms with Crippen molar-refractivity contribution in [3.05, 3.63) is 12.7 Å². The molecule has 11 heavy (non-hydrogen) atoms. The van der Waals surface area contributed by atoms with Crippen LogP contribution in [0.5, 0.6) is 0 Å². The Morgan fingerprint density at radius 2 is 2.36 bits per heavy atom. The zero-order valence-electron chi connectivity index (χ0n) is 6.79. The predicted octanol–water partition coefficient (Wildman–Crippen LogP) is 0.732. The van der Waals surface area contributed by atoms with Crippen molar-refractivity contribution in [2.45, 2.75) is 26.0 Å². The lowest BCUT2D eigenvalue weighted by atomic mass is 10.2. The molecule has 0 bridgehead atoms. The maximum atomic E-state index is 10.5. The Hall–Kier alpha value is -0.870. The van der Waals surface area contributed by atoms with Crippen LogP contribution in [0.4, 0.5) is 0 Å². The molecule has 0 aromatic rings. The average molecular weight is 159 g/mol. The van der Waals surface area contributed by atoms with Crippen LogP contribution in [0.3, 0.4) is 0 Å². The normalized spacial score (nSPS) is 15.2. The Kier molecular flexibility index (Phi) is 3.78. The van der Waals surface area contributed by atoms with Crippen molar-refractivity contribution < 1.29 is 14.6 Å². The summed E-state index contributed by atoms with van der Waals surface area (Å²) in [6.45, 7) is 6.63. The molecule has 4 nitrogen and oxygen atoms in total. The smallest absolute Gasteiger partial charge is 0.300 e. The Morgan fingerprint density at radius 3 is 2.73 bits per heavy atom. The average Bonchev–Trinajstić information content (AvgIpc) is 2.00. The molecule has 0 aliphatic rings. The minimum atomic E-state index is -0.918. The highest BCUT2D eigenvalue weighted by atomic mass is 17.2. The maximum absolute atomic E-state index is 10.5. The maximum Gasteiger partial charge on any atom is 0.365 e. The van der Waals surface area contributed by atoms with Gasteiger partial charge in [-0.2, -0.15) is 4.89 Å². The van der Waals surface area contributed by atoms with E-state index in [1.54, 1.807) is 6.92 Å². The second-order valence-electron chi connectivity index (χ2n) is 2.36. The van der Waals surface area contributed by atoms with Gasteiger partial charge < -0.3 is 5.73 Å². The lowest BCUT2D eigenvalue weighted by Gasteiger charge is -2.19. The summed E-state index contributed by atoms with van der Waals surface area (Å²) in [5, 5.41) is 0. The number of rotatable bonds is 4. The fourth-order valence-corrected chi connectivity index (χ4v) is 0.229. The van der Waals surface area contributed by atoms with E-state index in [1.807, 2.05) is 6.92 Å². The van der Waals surface area contributed by atoms with Crippen molar-refractivity contribution in [1.29, 1.82) is 0 Å². The van der Waals surface area contributed by atoms with E-state index in [4.69, 9.17) is 5.73 Å². The topological polar surface area (TPSA) is 61.5 Å². The van der Waals surface area contributed by atoms with E-state index in [2.05, 4.69) is 16.4 Å². The SMILES string of the molecule is C=CC(=O)OOC(C)(N)CC. The van der Waals surface area contributed by atoms with Gasteiger partial charge in [0.15, 0.2) is 5.72 Å². The van der Waals surface area contributed by atoms with Crippen LogP contribution in [0.2, 0.25) is 0 Å². The third kappa shape index (κ3) is 4.52. The standard InChI is InChI=1S/C7H13NO3/c1-4-6(9)10-11-7(3,8)5-2/h4H,1,5,8H2,2-3H3. The van der Waals surface area contributed by atoms with Crippen LogP contribution in [0, 0.1) is 0 Å². The molecule has 1 atom stereocenters. The Balaban J connectivity index is 3.69. The Morgan fingerprint density at radius 1 is 1.82 bits per heavy atom. The van der Waals surface area contributed by atoms with Crippen molar-refractivity contribution in [2.24, 2.45) is 5.73 Å². The first kappa shape index (κ1) is 10.1. The third-order valence-corrected chi connectivity index (χ3v) is 1.18. The van der Waals surface area contributed by atoms with E-state index in [9.17, 15) is 4.79 Å². The molecule has 0 saturated carbocycles. The molecule has 0 fully saturated rings. The molecule has 0 aromatic heterocycles. The molecule has 2 N–H and O–H groups in total. The molecule has 64 valence electrons. The van der Waals surface area contributed by atoms with Crippen molar-refractivity contribution in [2.75, 3.05) is 0 Å². The van der Waals surface area contributed by atoms with E-state index in [-0.39, 0.29) is 0 Å². The molecule has 1 unspecified atom stereocenters. The molecule has 0 amide bonds. The largest absolute Gasteiger partial charge is 0.365 e. The molecule has 0 aliphatic carbocycles. The van der Waals surface area contributed by atoms with Crippen LogP contribution in [-0.2, 0) is 14.6 Å². The van der Waals surface area contributed by atoms with Gasteiger partial charge in [0, 0.05) is 6.08 Å². The summed E-state index contributed by atoms with van der Waals surface area (Å²) in [6, 6.07) is 0. The monoisotopic (exact) mass is 159 g/mol. The van der Waals surface area contributed by atoms with Gasteiger partial charge in [0.05, 0.1) is 0 Å². The lowest BCUT2D eigenvalue weighted by Crippen LogP contribution is -2.39. The molecular formula is C7H13NO3. The molecule has 4 heteroatoms. The van der Waals surface area contributed by atoms with Gasteiger partial charge in [0.1, 0.15) is 0 Å². The van der Waals surface area contributed by atoms with Gasteiger partial charge in [-0.15, -0.1) is 0 Å². The second kappa shape index (κ2) is 4.10. The number of nitrogens with two attached hydrogens (primary N) is 1. The summed E-state index contributed by atoms with van der Waals surface area (Å²) in [4.78, 5) is 19.3. The molecule has 0 radical (unpaired) electrons. The molecule has 0 aliphatic heterocycles. The zero-order chi connectivity index (χ0) is 8.91. The number of hydrogen-bond donors (Lipinski definition) is 1. The summed E-state index contributed by atoms with van der Waals surface area (Å²) in [7, 11) is 0. The molecule has 0 heterocycles. The summed E-state index contributed by atoms with van der Waals surface area (Å²) < 4.78 is 0. The Labute approximate surface area is 65.9 Å². The van der Waals surface area contributed by atoms with E-state index < -0.39 is 11.7 Å². The van der Waals surface area contributed by atoms with Gasteiger partial charge in [-0.1, -0.05) is 13.5 Å². The molecule has 0 aromatic carbocycles. The van der Waals surface area contributed by atoms with Crippen LogP contribution < -0.4 is 5.73 Å². The van der Waals surface area contributed by atoms with E-state index in [0.717, 1.165) is 6.08 Å². The van der Waals surface area contributed by atoms with Gasteiger partial charge >= 0.3 is 5.97 Å². The molecule has 0 rings (SSSR count). The minimum absolute atomic E-state index is 0.553. The van der Waals surface area contributed by atoms with Gasteiger partial charge in [0.2, 0.25) is 0 Å². The summed E-state index contributed by atoms with van der Waals surface area (Å²) in [5.74, 6) is -0.643. The summed E-state index contributed by atoms with van der Waals surface area (Å²) >= 11 is 0. The number of carbonyl (C=O) groups excluding carboxylic acids is 1. The van der Waals surface area contributed by atoms with Gasteiger partial charge in [0.25, 0.3) is 0 Å². The molecule has 0 saturated heterocycles. The zero-order valence-corrected chi connectivity index (χ0v) is 6.79. The summed E-state index contributed by atoms with van der Waals surface area (Å²) in [6.07, 6.45) is 1.56. The quantitative estimate of drug-likeness (QED) is 0.284. The fourth-order valence-electron chi connectivity index (χ4n) is 0.229. The van der Waals surface area contributed by atoms with Crippen molar-refractivity contribution in [1.82, 2.24) is 0 Å². The van der Waals surface area contributed by atoms with Crippen LogP contribution >= 0.6 is 0 Å². The highest BCUT2D eigenvalue weighted by Gasteiger charge is 2.18. The van der Waals surface area contributed by atoms with Crippen molar-refractivity contribution in [3.63, 3.8) is 0 Å². The van der Waals surface area contributed by atoms with Crippen molar-refractivity contribution >= 4 is 5.97 Å².